The fraction of sp³-hybridized carbons (Fsp3) is 0.667. The lowest BCUT2D eigenvalue weighted by Crippen LogP contribution is -2.62. The third-order valence-corrected chi connectivity index (χ3v) is 10.9. The third-order valence-electron chi connectivity index (χ3n) is 10.9. The molecule has 234 valence electrons. The van der Waals surface area contributed by atoms with Gasteiger partial charge in [0.1, 0.15) is 31.1 Å². The van der Waals surface area contributed by atoms with Crippen molar-refractivity contribution < 1.29 is 18.8 Å². The first-order valence-corrected chi connectivity index (χ1v) is 16.1. The summed E-state index contributed by atoms with van der Waals surface area (Å²) in [5.41, 5.74) is 2.39. The number of amides is 2. The summed E-state index contributed by atoms with van der Waals surface area (Å²) in [5, 5.41) is 6.92. The second-order valence-electron chi connectivity index (χ2n) is 14.6. The number of guanidine groups is 1. The Morgan fingerprint density at radius 2 is 1.74 bits per heavy atom. The van der Waals surface area contributed by atoms with E-state index in [1.807, 2.05) is 30.1 Å². The number of benzene rings is 1. The van der Waals surface area contributed by atoms with Crippen LogP contribution in [0.2, 0.25) is 0 Å². The van der Waals surface area contributed by atoms with Gasteiger partial charge in [-0.05, 0) is 78.6 Å². The number of ether oxygens (including phenoxy) is 1. The number of aliphatic imine (C=N–C) groups is 1. The molecule has 4 heterocycles. The maximum absolute atomic E-state index is 13.4. The molecule has 1 aromatic rings. The van der Waals surface area contributed by atoms with Gasteiger partial charge in [0.15, 0.2) is 5.82 Å². The van der Waals surface area contributed by atoms with E-state index in [0.717, 1.165) is 68.5 Å². The summed E-state index contributed by atoms with van der Waals surface area (Å²) in [4.78, 5) is 38.3. The Kier molecular flexibility index (Phi) is 7.52. The molecule has 0 atom stereocenters. The molecule has 4 aliphatic heterocycles. The minimum absolute atomic E-state index is 0.00894. The summed E-state index contributed by atoms with van der Waals surface area (Å²) in [6.45, 7) is 12.4. The molecule has 2 saturated heterocycles. The van der Waals surface area contributed by atoms with Crippen LogP contribution in [0.1, 0.15) is 83.0 Å². The van der Waals surface area contributed by atoms with Crippen LogP contribution in [0, 0.1) is 0 Å². The number of piperidine rings is 1. The Hall–Kier alpha value is -3.11. The molecule has 6 rings (SSSR count). The largest absolute Gasteiger partial charge is 0.495 e. The van der Waals surface area contributed by atoms with Gasteiger partial charge in [0, 0.05) is 48.7 Å². The number of rotatable bonds is 5. The van der Waals surface area contributed by atoms with E-state index in [2.05, 4.69) is 55.2 Å². The van der Waals surface area contributed by atoms with Gasteiger partial charge in [-0.1, -0.05) is 12.8 Å². The number of hydrogen-bond donors (Lipinski definition) is 2. The van der Waals surface area contributed by atoms with Crippen LogP contribution in [0.3, 0.4) is 0 Å². The van der Waals surface area contributed by atoms with Gasteiger partial charge in [-0.3, -0.25) is 19.8 Å². The molecule has 10 heteroatoms. The normalized spacial score (nSPS) is 25.4. The van der Waals surface area contributed by atoms with Gasteiger partial charge in [-0.15, -0.1) is 0 Å². The van der Waals surface area contributed by atoms with Crippen LogP contribution in [-0.4, -0.2) is 108 Å². The van der Waals surface area contributed by atoms with Crippen LogP contribution in [0.5, 0.6) is 5.75 Å². The quantitative estimate of drug-likeness (QED) is 0.398. The van der Waals surface area contributed by atoms with E-state index < -0.39 is 0 Å². The van der Waals surface area contributed by atoms with Crippen LogP contribution in [0.15, 0.2) is 34.7 Å². The number of hydrogen-bond acceptors (Lipinski definition) is 7. The molecule has 0 unspecified atom stereocenters. The second-order valence-corrected chi connectivity index (χ2v) is 14.6. The van der Waals surface area contributed by atoms with Gasteiger partial charge in [0.2, 0.25) is 5.91 Å². The molecule has 0 radical (unpaired) electrons. The van der Waals surface area contributed by atoms with Crippen molar-refractivity contribution in [3.05, 3.63) is 35.3 Å². The molecule has 1 aromatic carbocycles. The molecule has 0 bridgehead atoms. The number of methoxy groups -OCH3 is 1. The highest BCUT2D eigenvalue weighted by molar-refractivity contribution is 5.97. The molecule has 1 saturated carbocycles. The molecule has 0 aromatic heterocycles. The van der Waals surface area contributed by atoms with Crippen molar-refractivity contribution in [2.24, 2.45) is 4.99 Å². The minimum atomic E-state index is -0.0800. The average Bonchev–Trinajstić information content (AvgIpc) is 3.54. The van der Waals surface area contributed by atoms with E-state index in [0.29, 0.717) is 34.8 Å². The van der Waals surface area contributed by atoms with Crippen molar-refractivity contribution in [3.8, 4) is 5.75 Å². The van der Waals surface area contributed by atoms with Crippen molar-refractivity contribution in [1.29, 1.82) is 0 Å². The van der Waals surface area contributed by atoms with Gasteiger partial charge < -0.3 is 19.9 Å². The summed E-state index contributed by atoms with van der Waals surface area (Å²) in [6, 6.07) is 6.15. The summed E-state index contributed by atoms with van der Waals surface area (Å²) >= 11 is 0. The molecule has 5 aliphatic rings. The molecular weight excluding hydrogens is 542 g/mol. The van der Waals surface area contributed by atoms with E-state index in [4.69, 9.17) is 9.73 Å². The smallest absolute Gasteiger partial charge is 0.309 e. The number of quaternary nitrogens is 1. The highest BCUT2D eigenvalue weighted by Gasteiger charge is 2.54. The van der Waals surface area contributed by atoms with Gasteiger partial charge >= 0.3 is 5.96 Å². The topological polar surface area (TPSA) is 89.5 Å². The fourth-order valence-electron chi connectivity index (χ4n) is 7.84. The van der Waals surface area contributed by atoms with Crippen LogP contribution < -0.4 is 15.4 Å². The lowest BCUT2D eigenvalue weighted by Gasteiger charge is -2.53. The Balaban J connectivity index is 1.25. The highest BCUT2D eigenvalue weighted by Crippen LogP contribution is 2.40. The number of likely N-dealkylation sites (N-methyl/N-ethyl adjacent to an activating group) is 1. The van der Waals surface area contributed by atoms with Crippen molar-refractivity contribution >= 4 is 23.5 Å². The van der Waals surface area contributed by atoms with E-state index in [1.165, 1.54) is 12.8 Å². The maximum atomic E-state index is 13.4. The Labute approximate surface area is 256 Å². The Bertz CT molecular complexity index is 1340. The summed E-state index contributed by atoms with van der Waals surface area (Å²) in [6.07, 6.45) is 7.06. The van der Waals surface area contributed by atoms with Crippen molar-refractivity contribution in [1.82, 2.24) is 20.0 Å². The van der Waals surface area contributed by atoms with Gasteiger partial charge in [0.25, 0.3) is 5.91 Å². The number of carbonyl (C=O) groups excluding carboxylic acids is 2. The Morgan fingerprint density at radius 1 is 1.07 bits per heavy atom. The number of nitrogens with one attached hydrogen (secondary N) is 2. The fourth-order valence-corrected chi connectivity index (χ4v) is 7.84. The molecule has 43 heavy (non-hydrogen) atoms. The zero-order chi connectivity index (χ0) is 30.7. The van der Waals surface area contributed by atoms with Gasteiger partial charge in [-0.2, -0.15) is 4.99 Å². The number of nitrogens with zero attached hydrogens (tertiary/aromatic N) is 5. The van der Waals surface area contributed by atoms with Crippen molar-refractivity contribution in [3.63, 3.8) is 0 Å². The molecule has 3 fully saturated rings. The zero-order valence-corrected chi connectivity index (χ0v) is 27.1. The lowest BCUT2D eigenvalue weighted by atomic mass is 9.77. The SMILES string of the molecule is COc1cc(C(=O)NC2CC(C)(C)N(C)C(C)(C)C2)ccc1NC1=NC2=C(C[N+]13CC3)N(C)C(=O)CCN2C1CCCC1. The zero-order valence-electron chi connectivity index (χ0n) is 27.1. The van der Waals surface area contributed by atoms with Crippen LogP contribution >= 0.6 is 0 Å². The summed E-state index contributed by atoms with van der Waals surface area (Å²) in [5.74, 6) is 2.53. The van der Waals surface area contributed by atoms with E-state index in [1.54, 1.807) is 7.11 Å². The van der Waals surface area contributed by atoms with E-state index in [9.17, 15) is 9.59 Å². The number of anilines is 1. The minimum Gasteiger partial charge on any atom is -0.495 e. The lowest BCUT2D eigenvalue weighted by molar-refractivity contribution is -0.696. The van der Waals surface area contributed by atoms with E-state index >= 15 is 0 Å². The maximum Gasteiger partial charge on any atom is 0.309 e. The molecule has 2 amide bonds. The predicted octanol–water partition coefficient (Wildman–Crippen LogP) is 3.96. The average molecular weight is 593 g/mol. The van der Waals surface area contributed by atoms with Crippen LogP contribution in [-0.2, 0) is 4.79 Å². The van der Waals surface area contributed by atoms with Gasteiger partial charge in [0.05, 0.1) is 12.8 Å². The summed E-state index contributed by atoms with van der Waals surface area (Å²) in [7, 11) is 5.72. The standard InChI is InChI=1S/C33H49N7O3/c1-32(2)19-23(20-33(3,4)38(32)6)34-30(42)22-12-13-25(27(18-22)43-7)35-31-36-29-26(21-40(31)16-17-40)37(5)28(41)14-15-39(29)24-10-8-9-11-24/h12-13,18,23-24H,8-11,14-17,19-21H2,1-7H3,(H-,34,35,36,42)/p+1. The highest BCUT2D eigenvalue weighted by atomic mass is 16.5. The Morgan fingerprint density at radius 3 is 2.37 bits per heavy atom. The number of carbonyl (C=O) groups is 2. The summed E-state index contributed by atoms with van der Waals surface area (Å²) < 4.78 is 6.51. The second kappa shape index (κ2) is 10.8. The predicted molar refractivity (Wildman–Crippen MR) is 169 cm³/mol. The molecule has 1 aliphatic carbocycles. The van der Waals surface area contributed by atoms with E-state index in [-0.39, 0.29) is 28.9 Å². The van der Waals surface area contributed by atoms with Crippen LogP contribution in [0.25, 0.3) is 0 Å². The molecular formula is C33H50N7O3+. The van der Waals surface area contributed by atoms with Crippen LogP contribution in [0.4, 0.5) is 5.69 Å². The van der Waals surface area contributed by atoms with Crippen molar-refractivity contribution in [2.75, 3.05) is 52.7 Å². The molecule has 2 N–H and O–H groups in total. The number of likely N-dealkylation sites (tertiary alicyclic amines) is 1. The monoisotopic (exact) mass is 592 g/mol. The molecule has 10 nitrogen and oxygen atoms in total. The first-order valence-electron chi connectivity index (χ1n) is 16.1. The van der Waals surface area contributed by atoms with Gasteiger partial charge in [-0.25, -0.2) is 4.48 Å². The third kappa shape index (κ3) is 5.52. The first kappa shape index (κ1) is 29.9. The molecule has 1 spiro atoms. The first-order chi connectivity index (χ1) is 20.3. The van der Waals surface area contributed by atoms with Crippen molar-refractivity contribution in [2.45, 2.75) is 95.8 Å².